The van der Waals surface area contributed by atoms with E-state index in [1.54, 1.807) is 78.9 Å². The zero-order valence-corrected chi connectivity index (χ0v) is 27.2. The van der Waals surface area contributed by atoms with E-state index in [0.717, 1.165) is 5.56 Å². The molecule has 0 spiro atoms. The van der Waals surface area contributed by atoms with E-state index >= 15 is 0 Å². The molecule has 0 saturated heterocycles. The maximum absolute atomic E-state index is 14.4. The number of carbonyl (C=O) groups excluding carboxylic acids is 1. The highest BCUT2D eigenvalue weighted by atomic mass is 32.2. The number of hydrogen-bond acceptors (Lipinski definition) is 9. The second-order valence-corrected chi connectivity index (χ2v) is 13.3. The lowest BCUT2D eigenvalue weighted by atomic mass is 9.84. The van der Waals surface area contributed by atoms with Gasteiger partial charge in [0.25, 0.3) is 5.91 Å². The first-order valence-electron chi connectivity index (χ1n) is 15.6. The molecule has 4 aromatic rings. The number of aliphatic hydroxyl groups is 1. The van der Waals surface area contributed by atoms with Gasteiger partial charge in [-0.25, -0.2) is 23.2 Å². The van der Waals surface area contributed by atoms with Crippen molar-refractivity contribution >= 4 is 27.3 Å². The van der Waals surface area contributed by atoms with Crippen LogP contribution in [0.3, 0.4) is 0 Å². The zero-order valence-electron chi connectivity index (χ0n) is 26.4. The Kier molecular flexibility index (Phi) is 11.6. The average Bonchev–Trinajstić information content (AvgIpc) is 3.52. The largest absolute Gasteiger partial charge is 0.494 e. The molecular formula is C35H35FN6O6S. The van der Waals surface area contributed by atoms with Crippen molar-refractivity contribution in [3.05, 3.63) is 136 Å². The Bertz CT molecular complexity index is 1920. The van der Waals surface area contributed by atoms with Crippen molar-refractivity contribution in [3.63, 3.8) is 0 Å². The number of halogens is 1. The van der Waals surface area contributed by atoms with Crippen LogP contribution in [0.25, 0.3) is 10.4 Å². The minimum absolute atomic E-state index is 0.00727. The molecule has 5 rings (SSSR count). The monoisotopic (exact) mass is 686 g/mol. The lowest BCUT2D eigenvalue weighted by Crippen LogP contribution is -2.53. The van der Waals surface area contributed by atoms with Crippen molar-refractivity contribution < 1.29 is 32.2 Å². The Labute approximate surface area is 283 Å². The van der Waals surface area contributed by atoms with E-state index in [4.69, 9.17) is 19.6 Å². The van der Waals surface area contributed by atoms with Crippen LogP contribution >= 0.6 is 0 Å². The van der Waals surface area contributed by atoms with E-state index < -0.39 is 33.1 Å². The Hall–Kier alpha value is -5.27. The summed E-state index contributed by atoms with van der Waals surface area (Å²) in [6, 6.07) is 27.2. The molecule has 1 amide bonds. The number of nitrogens with zero attached hydrogens (tertiary/aromatic N) is 4. The molecule has 2 atom stereocenters. The van der Waals surface area contributed by atoms with Gasteiger partial charge in [0.05, 0.1) is 17.3 Å². The van der Waals surface area contributed by atoms with Gasteiger partial charge < -0.3 is 14.6 Å². The lowest BCUT2D eigenvalue weighted by molar-refractivity contribution is -0.130. The number of carbonyl (C=O) groups is 1. The standard InChI is InChI=1S/C35H35FN6O6S/c36-27-15-11-25(12-16-27)19-21-38-41-34(44)35(20-24-49(45,46)29-7-2-1-3-8-29)32(30-9-4-5-10-31(30)40-42-37)48-33(39-35)26-13-17-28(18-14-26)47-23-6-22-43/h1-5,7-18,32,38,43H,6,19-24H2,(H,41,44)/t32-,35-/m0/s1. The molecule has 0 radical (unpaired) electrons. The second-order valence-electron chi connectivity index (χ2n) is 11.2. The highest BCUT2D eigenvalue weighted by molar-refractivity contribution is 7.91. The van der Waals surface area contributed by atoms with Gasteiger partial charge in [-0.2, -0.15) is 0 Å². The van der Waals surface area contributed by atoms with Crippen LogP contribution < -0.4 is 15.6 Å². The average molecular weight is 687 g/mol. The molecule has 254 valence electrons. The Balaban J connectivity index is 1.52. The Morgan fingerprint density at radius 1 is 1.02 bits per heavy atom. The van der Waals surface area contributed by atoms with Crippen molar-refractivity contribution in [1.29, 1.82) is 0 Å². The van der Waals surface area contributed by atoms with Gasteiger partial charge in [-0.05, 0) is 66.0 Å². The van der Waals surface area contributed by atoms with Crippen molar-refractivity contribution in [2.75, 3.05) is 25.5 Å². The SMILES string of the molecule is [N-]=[N+]=Nc1ccccc1[C@@H]1OC(c2ccc(OCCCO)cc2)=N[C@]1(CCS(=O)(=O)c1ccccc1)C(=O)NNCCc1ccc(F)cc1. The summed E-state index contributed by atoms with van der Waals surface area (Å²) in [6.07, 6.45) is -0.576. The minimum Gasteiger partial charge on any atom is -0.494 e. The van der Waals surface area contributed by atoms with Crippen LogP contribution in [0.1, 0.15) is 35.6 Å². The molecule has 12 nitrogen and oxygen atoms in total. The summed E-state index contributed by atoms with van der Waals surface area (Å²) < 4.78 is 52.5. The number of aliphatic hydroxyl groups excluding tert-OH is 1. The van der Waals surface area contributed by atoms with Gasteiger partial charge in [0, 0.05) is 47.7 Å². The van der Waals surface area contributed by atoms with Crippen molar-refractivity contribution in [2.24, 2.45) is 10.1 Å². The first-order chi connectivity index (χ1) is 23.8. The van der Waals surface area contributed by atoms with Crippen molar-refractivity contribution in [2.45, 2.75) is 35.8 Å². The number of aliphatic imine (C=N–C) groups is 1. The van der Waals surface area contributed by atoms with E-state index in [1.807, 2.05) is 0 Å². The molecular weight excluding hydrogens is 651 g/mol. The van der Waals surface area contributed by atoms with Gasteiger partial charge in [0.2, 0.25) is 5.90 Å². The van der Waals surface area contributed by atoms with Crippen molar-refractivity contribution in [3.8, 4) is 5.75 Å². The quantitative estimate of drug-likeness (QED) is 0.0458. The number of rotatable bonds is 16. The van der Waals surface area contributed by atoms with Crippen LogP contribution in [0, 0.1) is 5.82 Å². The third-order valence-corrected chi connectivity index (χ3v) is 9.64. The molecule has 14 heteroatoms. The molecule has 3 N–H and O–H groups in total. The summed E-state index contributed by atoms with van der Waals surface area (Å²) in [5.41, 5.74) is 14.9. The molecule has 4 aromatic carbocycles. The fraction of sp³-hybridized carbons (Fsp3) is 0.257. The van der Waals surface area contributed by atoms with Crippen LogP contribution in [0.5, 0.6) is 5.75 Å². The molecule has 0 bridgehead atoms. The highest BCUT2D eigenvalue weighted by Gasteiger charge is 2.54. The number of nitrogens with one attached hydrogen (secondary N) is 2. The van der Waals surface area contributed by atoms with Crippen LogP contribution in [-0.2, 0) is 25.8 Å². The van der Waals surface area contributed by atoms with Gasteiger partial charge in [-0.15, -0.1) is 0 Å². The smallest absolute Gasteiger partial charge is 0.266 e. The third kappa shape index (κ3) is 8.61. The topological polar surface area (TPSA) is 175 Å². The summed E-state index contributed by atoms with van der Waals surface area (Å²) >= 11 is 0. The Morgan fingerprint density at radius 2 is 1.73 bits per heavy atom. The van der Waals surface area contributed by atoms with E-state index in [-0.39, 0.29) is 41.9 Å². The third-order valence-electron chi connectivity index (χ3n) is 7.91. The number of azide groups is 1. The van der Waals surface area contributed by atoms with Gasteiger partial charge in [-0.1, -0.05) is 59.7 Å². The molecule has 0 saturated carbocycles. The summed E-state index contributed by atoms with van der Waals surface area (Å²) in [5.74, 6) is -0.874. The van der Waals surface area contributed by atoms with E-state index in [2.05, 4.69) is 20.9 Å². The van der Waals surface area contributed by atoms with Crippen LogP contribution in [0.15, 0.2) is 118 Å². The number of hydrazine groups is 1. The molecule has 0 aromatic heterocycles. The van der Waals surface area contributed by atoms with Crippen LogP contribution in [-0.4, -0.2) is 56.4 Å². The lowest BCUT2D eigenvalue weighted by Gasteiger charge is -2.31. The molecule has 1 aliphatic heterocycles. The number of hydrogen-bond donors (Lipinski definition) is 3. The van der Waals surface area contributed by atoms with Gasteiger partial charge >= 0.3 is 0 Å². The molecule has 0 aliphatic carbocycles. The van der Waals surface area contributed by atoms with Crippen LogP contribution in [0.2, 0.25) is 0 Å². The van der Waals surface area contributed by atoms with E-state index in [0.29, 0.717) is 36.3 Å². The maximum Gasteiger partial charge on any atom is 0.266 e. The number of ether oxygens (including phenoxy) is 2. The molecule has 1 aliphatic rings. The van der Waals surface area contributed by atoms with Gasteiger partial charge in [0.15, 0.2) is 21.5 Å². The minimum atomic E-state index is -3.88. The summed E-state index contributed by atoms with van der Waals surface area (Å²) in [6.45, 7) is 0.580. The van der Waals surface area contributed by atoms with E-state index in [9.17, 15) is 23.1 Å². The van der Waals surface area contributed by atoms with Crippen molar-refractivity contribution in [1.82, 2.24) is 10.9 Å². The van der Waals surface area contributed by atoms with Gasteiger partial charge in [-0.3, -0.25) is 10.2 Å². The summed E-state index contributed by atoms with van der Waals surface area (Å²) in [4.78, 5) is 22.2. The molecule has 1 heterocycles. The van der Waals surface area contributed by atoms with E-state index in [1.165, 1.54) is 24.3 Å². The van der Waals surface area contributed by atoms with Gasteiger partial charge in [0.1, 0.15) is 11.6 Å². The summed E-state index contributed by atoms with van der Waals surface area (Å²) in [5, 5.41) is 12.9. The molecule has 0 unspecified atom stereocenters. The first-order valence-corrected chi connectivity index (χ1v) is 17.2. The maximum atomic E-state index is 14.4. The fourth-order valence-corrected chi connectivity index (χ4v) is 6.73. The predicted octanol–water partition coefficient (Wildman–Crippen LogP) is 5.51. The summed E-state index contributed by atoms with van der Waals surface area (Å²) in [7, 11) is -3.88. The number of benzene rings is 4. The first kappa shape index (κ1) is 35.0. The highest BCUT2D eigenvalue weighted by Crippen LogP contribution is 2.45. The number of amides is 1. The fourth-order valence-electron chi connectivity index (χ4n) is 5.34. The van der Waals surface area contributed by atoms with Crippen LogP contribution in [0.4, 0.5) is 10.1 Å². The Morgan fingerprint density at radius 3 is 2.45 bits per heavy atom. The normalized spacial score (nSPS) is 17.0. The zero-order chi connectivity index (χ0) is 34.7. The number of sulfone groups is 1. The predicted molar refractivity (Wildman–Crippen MR) is 181 cm³/mol. The molecule has 49 heavy (non-hydrogen) atoms. The molecule has 0 fully saturated rings. The second kappa shape index (κ2) is 16.2.